The molecule has 134 valence electrons. The summed E-state index contributed by atoms with van der Waals surface area (Å²) in [6.45, 7) is 11.2. The Hall–Kier alpha value is -1.84. The van der Waals surface area contributed by atoms with Crippen molar-refractivity contribution in [1.29, 1.82) is 0 Å². The van der Waals surface area contributed by atoms with Crippen LogP contribution in [0.1, 0.15) is 65.4 Å². The molecule has 0 aromatic heterocycles. The van der Waals surface area contributed by atoms with Crippen LogP contribution in [0.15, 0.2) is 24.3 Å². The molecule has 1 aromatic rings. The summed E-state index contributed by atoms with van der Waals surface area (Å²) in [5.74, 6) is 1.06. The van der Waals surface area contributed by atoms with Crippen LogP contribution in [0.5, 0.6) is 0 Å². The predicted octanol–water partition coefficient (Wildman–Crippen LogP) is 4.33. The Bertz CT molecular complexity index is 521. The molecule has 0 radical (unpaired) electrons. The highest BCUT2D eigenvalue weighted by molar-refractivity contribution is 5.91. The lowest BCUT2D eigenvalue weighted by molar-refractivity contribution is -0.122. The van der Waals surface area contributed by atoms with Gasteiger partial charge in [-0.3, -0.25) is 9.59 Å². The molecule has 0 bridgehead atoms. The second-order valence-electron chi connectivity index (χ2n) is 7.37. The molecule has 0 aliphatic carbocycles. The highest BCUT2D eigenvalue weighted by Gasteiger charge is 2.13. The fourth-order valence-electron chi connectivity index (χ4n) is 2.44. The van der Waals surface area contributed by atoms with Crippen molar-refractivity contribution in [2.45, 2.75) is 59.8 Å². The standard InChI is InChI=1S/C20H32N2O2/c1-14(2)10-11-21-19(23)12-16(5)13-20(24)22-18-8-6-17(7-9-18)15(3)4/h6-9,14-16H,10-13H2,1-5H3,(H,21,23)(H,22,24)/t16-/m0/s1. The summed E-state index contributed by atoms with van der Waals surface area (Å²) in [5, 5.41) is 5.81. The van der Waals surface area contributed by atoms with Crippen molar-refractivity contribution < 1.29 is 9.59 Å². The van der Waals surface area contributed by atoms with E-state index >= 15 is 0 Å². The molecule has 1 aromatic carbocycles. The highest BCUT2D eigenvalue weighted by atomic mass is 16.2. The minimum atomic E-state index is -0.0465. The number of nitrogens with one attached hydrogen (secondary N) is 2. The fraction of sp³-hybridized carbons (Fsp3) is 0.600. The maximum atomic E-state index is 12.1. The second kappa shape index (κ2) is 10.1. The van der Waals surface area contributed by atoms with Gasteiger partial charge < -0.3 is 10.6 Å². The molecule has 1 atom stereocenters. The number of benzene rings is 1. The van der Waals surface area contributed by atoms with Gasteiger partial charge in [0.25, 0.3) is 0 Å². The van der Waals surface area contributed by atoms with Gasteiger partial charge in [0.05, 0.1) is 0 Å². The molecule has 0 fully saturated rings. The van der Waals surface area contributed by atoms with E-state index in [0.717, 1.165) is 12.1 Å². The van der Waals surface area contributed by atoms with Gasteiger partial charge in [-0.2, -0.15) is 0 Å². The Balaban J connectivity index is 2.34. The zero-order valence-electron chi connectivity index (χ0n) is 15.7. The molecule has 24 heavy (non-hydrogen) atoms. The van der Waals surface area contributed by atoms with E-state index < -0.39 is 0 Å². The molecule has 0 unspecified atom stereocenters. The van der Waals surface area contributed by atoms with E-state index in [-0.39, 0.29) is 17.7 Å². The minimum absolute atomic E-state index is 0.0252. The Kier molecular flexibility index (Phi) is 8.51. The van der Waals surface area contributed by atoms with Crippen molar-refractivity contribution in [3.05, 3.63) is 29.8 Å². The lowest BCUT2D eigenvalue weighted by Crippen LogP contribution is -2.27. The van der Waals surface area contributed by atoms with Crippen molar-refractivity contribution in [3.8, 4) is 0 Å². The SMILES string of the molecule is CC(C)CCNC(=O)C[C@H](C)CC(=O)Nc1ccc(C(C)C)cc1. The molecule has 0 aliphatic rings. The monoisotopic (exact) mass is 332 g/mol. The van der Waals surface area contributed by atoms with Gasteiger partial charge in [-0.05, 0) is 41.9 Å². The lowest BCUT2D eigenvalue weighted by atomic mass is 10.0. The van der Waals surface area contributed by atoms with Crippen molar-refractivity contribution in [3.63, 3.8) is 0 Å². The van der Waals surface area contributed by atoms with Crippen LogP contribution >= 0.6 is 0 Å². The van der Waals surface area contributed by atoms with Crippen LogP contribution in [0.2, 0.25) is 0 Å². The maximum Gasteiger partial charge on any atom is 0.224 e. The van der Waals surface area contributed by atoms with Crippen LogP contribution in [-0.2, 0) is 9.59 Å². The van der Waals surface area contributed by atoms with E-state index in [1.54, 1.807) is 0 Å². The number of rotatable bonds is 9. The minimum Gasteiger partial charge on any atom is -0.356 e. The number of carbonyl (C=O) groups is 2. The first-order valence-electron chi connectivity index (χ1n) is 8.94. The van der Waals surface area contributed by atoms with Gasteiger partial charge in [0, 0.05) is 25.1 Å². The summed E-state index contributed by atoms with van der Waals surface area (Å²) in [6, 6.07) is 7.92. The quantitative estimate of drug-likeness (QED) is 0.707. The first kappa shape index (κ1) is 20.2. The van der Waals surface area contributed by atoms with Crippen LogP contribution in [0.25, 0.3) is 0 Å². The Labute approximate surface area is 146 Å². The normalized spacial score (nSPS) is 12.3. The average molecular weight is 332 g/mol. The molecule has 0 saturated carbocycles. The first-order chi connectivity index (χ1) is 11.3. The smallest absolute Gasteiger partial charge is 0.224 e. The summed E-state index contributed by atoms with van der Waals surface area (Å²) < 4.78 is 0. The molecular formula is C20H32N2O2. The lowest BCUT2D eigenvalue weighted by Gasteiger charge is -2.13. The van der Waals surface area contributed by atoms with E-state index in [9.17, 15) is 9.59 Å². The highest BCUT2D eigenvalue weighted by Crippen LogP contribution is 2.18. The number of hydrogen-bond acceptors (Lipinski definition) is 2. The molecule has 0 aliphatic heterocycles. The second-order valence-corrected chi connectivity index (χ2v) is 7.37. The number of carbonyl (C=O) groups excluding carboxylic acids is 2. The molecule has 4 heteroatoms. The summed E-state index contributed by atoms with van der Waals surface area (Å²) in [7, 11) is 0. The van der Waals surface area contributed by atoms with E-state index in [0.29, 0.717) is 31.2 Å². The van der Waals surface area contributed by atoms with Crippen molar-refractivity contribution in [1.82, 2.24) is 5.32 Å². The zero-order chi connectivity index (χ0) is 18.1. The van der Waals surface area contributed by atoms with Crippen molar-refractivity contribution >= 4 is 17.5 Å². The molecule has 1 rings (SSSR count). The fourth-order valence-corrected chi connectivity index (χ4v) is 2.44. The third-order valence-electron chi connectivity index (χ3n) is 3.97. The van der Waals surface area contributed by atoms with Crippen molar-refractivity contribution in [2.75, 3.05) is 11.9 Å². The van der Waals surface area contributed by atoms with E-state index in [1.165, 1.54) is 5.56 Å². The Morgan fingerprint density at radius 1 is 0.917 bits per heavy atom. The molecule has 2 amide bonds. The van der Waals surface area contributed by atoms with Crippen LogP contribution in [-0.4, -0.2) is 18.4 Å². The van der Waals surface area contributed by atoms with Crippen LogP contribution in [0.3, 0.4) is 0 Å². The van der Waals surface area contributed by atoms with Gasteiger partial charge >= 0.3 is 0 Å². The number of amides is 2. The van der Waals surface area contributed by atoms with Gasteiger partial charge in [-0.25, -0.2) is 0 Å². The molecule has 0 saturated heterocycles. The summed E-state index contributed by atoms with van der Waals surface area (Å²) >= 11 is 0. The Morgan fingerprint density at radius 3 is 2.04 bits per heavy atom. The van der Waals surface area contributed by atoms with Crippen LogP contribution in [0, 0.1) is 11.8 Å². The molecule has 2 N–H and O–H groups in total. The molecule has 0 heterocycles. The van der Waals surface area contributed by atoms with E-state index in [1.807, 2.05) is 31.2 Å². The zero-order valence-corrected chi connectivity index (χ0v) is 15.7. The molecule has 4 nitrogen and oxygen atoms in total. The first-order valence-corrected chi connectivity index (χ1v) is 8.94. The van der Waals surface area contributed by atoms with Gasteiger partial charge in [0.15, 0.2) is 0 Å². The third kappa shape index (κ3) is 8.14. The number of anilines is 1. The topological polar surface area (TPSA) is 58.2 Å². The van der Waals surface area contributed by atoms with Gasteiger partial charge in [0.2, 0.25) is 11.8 Å². The third-order valence-corrected chi connectivity index (χ3v) is 3.97. The van der Waals surface area contributed by atoms with Crippen molar-refractivity contribution in [2.24, 2.45) is 11.8 Å². The summed E-state index contributed by atoms with van der Waals surface area (Å²) in [5.41, 5.74) is 2.05. The van der Waals surface area contributed by atoms with Crippen LogP contribution < -0.4 is 10.6 Å². The van der Waals surface area contributed by atoms with Gasteiger partial charge in [-0.1, -0.05) is 46.8 Å². The average Bonchev–Trinajstić information content (AvgIpc) is 2.46. The largest absolute Gasteiger partial charge is 0.356 e. The molecular weight excluding hydrogens is 300 g/mol. The summed E-state index contributed by atoms with van der Waals surface area (Å²) in [4.78, 5) is 23.9. The Morgan fingerprint density at radius 2 is 1.50 bits per heavy atom. The van der Waals surface area contributed by atoms with Gasteiger partial charge in [0.1, 0.15) is 0 Å². The maximum absolute atomic E-state index is 12.1. The van der Waals surface area contributed by atoms with Gasteiger partial charge in [-0.15, -0.1) is 0 Å². The van der Waals surface area contributed by atoms with E-state index in [4.69, 9.17) is 0 Å². The predicted molar refractivity (Wildman–Crippen MR) is 100 cm³/mol. The van der Waals surface area contributed by atoms with E-state index in [2.05, 4.69) is 38.3 Å². The molecule has 0 spiro atoms. The van der Waals surface area contributed by atoms with Crippen LogP contribution in [0.4, 0.5) is 5.69 Å². The number of hydrogen-bond donors (Lipinski definition) is 2. The summed E-state index contributed by atoms with van der Waals surface area (Å²) in [6.07, 6.45) is 1.72.